The summed E-state index contributed by atoms with van der Waals surface area (Å²) < 4.78 is 0. The first kappa shape index (κ1) is 20.8. The third-order valence-corrected chi connectivity index (χ3v) is 5.42. The number of aromatic amines is 1. The number of H-pyrrole nitrogens is 1. The van der Waals surface area contributed by atoms with Gasteiger partial charge in [-0.15, -0.1) is 0 Å². The quantitative estimate of drug-likeness (QED) is 0.364. The first-order valence-corrected chi connectivity index (χ1v) is 10.8. The Hall–Kier alpha value is -3.41. The highest BCUT2D eigenvalue weighted by atomic mass is 15.0. The zero-order valence-electron chi connectivity index (χ0n) is 19.0. The Morgan fingerprint density at radius 3 is 1.71 bits per heavy atom. The van der Waals surface area contributed by atoms with Crippen LogP contribution in [-0.4, -0.2) is 32.0 Å². The van der Waals surface area contributed by atoms with Crippen LogP contribution in [0, 0.1) is 13.8 Å². The zero-order valence-corrected chi connectivity index (χ0v) is 19.0. The summed E-state index contributed by atoms with van der Waals surface area (Å²) in [5.41, 5.74) is 8.78. The average Bonchev–Trinajstić information content (AvgIpc) is 3.19. The molecule has 0 radical (unpaired) electrons. The summed E-state index contributed by atoms with van der Waals surface area (Å²) in [4.78, 5) is 17.3. The Morgan fingerprint density at radius 1 is 0.710 bits per heavy atom. The van der Waals surface area contributed by atoms with Gasteiger partial charge in [0.25, 0.3) is 0 Å². The van der Waals surface area contributed by atoms with Gasteiger partial charge in [0, 0.05) is 46.7 Å². The van der Waals surface area contributed by atoms with Crippen molar-refractivity contribution in [3.8, 4) is 22.3 Å². The molecule has 0 saturated carbocycles. The van der Waals surface area contributed by atoms with E-state index in [1.165, 1.54) is 11.1 Å². The van der Waals surface area contributed by atoms with Gasteiger partial charge in [0.1, 0.15) is 11.6 Å². The third-order valence-electron chi connectivity index (χ3n) is 5.42. The highest BCUT2D eigenvalue weighted by Crippen LogP contribution is 2.39. The molecule has 0 aliphatic carbocycles. The van der Waals surface area contributed by atoms with Gasteiger partial charge in [-0.3, -0.25) is 0 Å². The molecular weight excluding hydrogens is 384 g/mol. The number of fused-ring (bicyclic) bond motifs is 1. The van der Waals surface area contributed by atoms with Crippen molar-refractivity contribution in [1.29, 1.82) is 0 Å². The lowest BCUT2D eigenvalue weighted by atomic mass is 9.89. The summed E-state index contributed by atoms with van der Waals surface area (Å²) in [7, 11) is 0. The Labute approximate surface area is 183 Å². The standard InChI is InChI=1S/C25H30N6/c1-14(2)30-20-9-7-18(11-26-20)22-16(5)17(6)23(25-24(22)28-13-29-25)19-8-10-21(27-12-19)31-15(3)4/h7-15H,1-6H3,(H,26,30)(H,27,31)(H,28,29). The van der Waals surface area contributed by atoms with E-state index in [2.05, 4.69) is 84.2 Å². The lowest BCUT2D eigenvalue weighted by Gasteiger charge is -2.17. The van der Waals surface area contributed by atoms with Crippen LogP contribution < -0.4 is 10.6 Å². The molecule has 31 heavy (non-hydrogen) atoms. The molecule has 0 amide bonds. The van der Waals surface area contributed by atoms with Crippen molar-refractivity contribution in [3.63, 3.8) is 0 Å². The number of nitrogens with zero attached hydrogens (tertiary/aromatic N) is 3. The number of hydrogen-bond donors (Lipinski definition) is 3. The number of anilines is 2. The molecule has 160 valence electrons. The minimum atomic E-state index is 0.343. The van der Waals surface area contributed by atoms with Crippen LogP contribution in [0.2, 0.25) is 0 Å². The molecular formula is C25H30N6. The van der Waals surface area contributed by atoms with E-state index in [9.17, 15) is 0 Å². The summed E-state index contributed by atoms with van der Waals surface area (Å²) in [6.45, 7) is 12.7. The molecule has 4 rings (SSSR count). The van der Waals surface area contributed by atoms with Crippen LogP contribution in [0.5, 0.6) is 0 Å². The molecule has 0 aliphatic rings. The number of pyridine rings is 2. The lowest BCUT2D eigenvalue weighted by molar-refractivity contribution is 0.889. The molecule has 6 nitrogen and oxygen atoms in total. The largest absolute Gasteiger partial charge is 0.368 e. The first-order chi connectivity index (χ1) is 14.8. The maximum Gasteiger partial charge on any atom is 0.126 e. The van der Waals surface area contributed by atoms with Crippen LogP contribution in [0.3, 0.4) is 0 Å². The van der Waals surface area contributed by atoms with Crippen LogP contribution >= 0.6 is 0 Å². The minimum Gasteiger partial charge on any atom is -0.368 e. The summed E-state index contributed by atoms with van der Waals surface area (Å²) in [5, 5.41) is 6.69. The average molecular weight is 415 g/mol. The summed E-state index contributed by atoms with van der Waals surface area (Å²) in [5.74, 6) is 1.76. The molecule has 0 aliphatic heterocycles. The number of hydrogen-bond acceptors (Lipinski definition) is 5. The number of benzene rings is 1. The minimum absolute atomic E-state index is 0.343. The topological polar surface area (TPSA) is 78.5 Å². The van der Waals surface area contributed by atoms with Gasteiger partial charge in [0.2, 0.25) is 0 Å². The molecule has 0 atom stereocenters. The second-order valence-electron chi connectivity index (χ2n) is 8.59. The van der Waals surface area contributed by atoms with Crippen LogP contribution in [-0.2, 0) is 0 Å². The van der Waals surface area contributed by atoms with Crippen molar-refractivity contribution in [2.75, 3.05) is 10.6 Å². The predicted molar refractivity (Wildman–Crippen MR) is 130 cm³/mol. The molecule has 0 spiro atoms. The van der Waals surface area contributed by atoms with Crippen molar-refractivity contribution in [1.82, 2.24) is 19.9 Å². The fourth-order valence-corrected chi connectivity index (χ4v) is 3.97. The van der Waals surface area contributed by atoms with E-state index in [0.717, 1.165) is 44.9 Å². The first-order valence-electron chi connectivity index (χ1n) is 10.8. The van der Waals surface area contributed by atoms with Gasteiger partial charge >= 0.3 is 0 Å². The third kappa shape index (κ3) is 4.10. The highest BCUT2D eigenvalue weighted by molar-refractivity contribution is 6.03. The maximum absolute atomic E-state index is 4.68. The smallest absolute Gasteiger partial charge is 0.126 e. The van der Waals surface area contributed by atoms with Gasteiger partial charge < -0.3 is 15.6 Å². The van der Waals surface area contributed by atoms with Crippen molar-refractivity contribution < 1.29 is 0 Å². The Kier molecular flexibility index (Phi) is 5.63. The van der Waals surface area contributed by atoms with E-state index in [0.29, 0.717) is 12.1 Å². The van der Waals surface area contributed by atoms with Crippen molar-refractivity contribution in [3.05, 3.63) is 54.1 Å². The van der Waals surface area contributed by atoms with Crippen molar-refractivity contribution >= 4 is 22.7 Å². The van der Waals surface area contributed by atoms with Gasteiger partial charge in [-0.2, -0.15) is 0 Å². The Morgan fingerprint density at radius 2 is 1.23 bits per heavy atom. The summed E-state index contributed by atoms with van der Waals surface area (Å²) in [6.07, 6.45) is 5.62. The van der Waals surface area contributed by atoms with Gasteiger partial charge in [-0.05, 0) is 76.9 Å². The zero-order chi connectivity index (χ0) is 22.1. The molecule has 4 aromatic rings. The molecule has 0 saturated heterocycles. The predicted octanol–water partition coefficient (Wildman–Crippen LogP) is 5.94. The molecule has 6 heteroatoms. The fraction of sp³-hybridized carbons (Fsp3) is 0.320. The molecule has 1 aromatic carbocycles. The van der Waals surface area contributed by atoms with E-state index in [4.69, 9.17) is 0 Å². The van der Waals surface area contributed by atoms with Crippen LogP contribution in [0.25, 0.3) is 33.3 Å². The maximum atomic E-state index is 4.68. The van der Waals surface area contributed by atoms with Crippen LogP contribution in [0.1, 0.15) is 38.8 Å². The summed E-state index contributed by atoms with van der Waals surface area (Å²) >= 11 is 0. The fourth-order valence-electron chi connectivity index (χ4n) is 3.97. The van der Waals surface area contributed by atoms with E-state index in [-0.39, 0.29) is 0 Å². The summed E-state index contributed by atoms with van der Waals surface area (Å²) in [6, 6.07) is 8.98. The number of nitrogens with one attached hydrogen (secondary N) is 3. The van der Waals surface area contributed by atoms with Gasteiger partial charge in [-0.1, -0.05) is 0 Å². The van der Waals surface area contributed by atoms with Crippen LogP contribution in [0.4, 0.5) is 11.6 Å². The molecule has 0 bridgehead atoms. The second kappa shape index (κ2) is 8.38. The monoisotopic (exact) mass is 414 g/mol. The SMILES string of the molecule is Cc1c(C)c(-c2ccc(NC(C)C)nc2)c2[nH]cnc2c1-c1ccc(NC(C)C)nc1. The van der Waals surface area contributed by atoms with Crippen molar-refractivity contribution in [2.45, 2.75) is 53.6 Å². The van der Waals surface area contributed by atoms with Crippen LogP contribution in [0.15, 0.2) is 43.0 Å². The Bertz CT molecular complexity index is 1090. The lowest BCUT2D eigenvalue weighted by Crippen LogP contribution is -2.10. The van der Waals surface area contributed by atoms with E-state index in [1.54, 1.807) is 6.33 Å². The van der Waals surface area contributed by atoms with Gasteiger partial charge in [-0.25, -0.2) is 15.0 Å². The molecule has 0 unspecified atom stereocenters. The molecule has 0 fully saturated rings. The van der Waals surface area contributed by atoms with E-state index < -0.39 is 0 Å². The van der Waals surface area contributed by atoms with Gasteiger partial charge in [0.15, 0.2) is 0 Å². The molecule has 3 heterocycles. The van der Waals surface area contributed by atoms with Gasteiger partial charge in [0.05, 0.1) is 17.4 Å². The number of aromatic nitrogens is 4. The normalized spacial score (nSPS) is 11.5. The number of rotatable bonds is 6. The molecule has 3 N–H and O–H groups in total. The molecule has 3 aromatic heterocycles. The second-order valence-corrected chi connectivity index (χ2v) is 8.59. The van der Waals surface area contributed by atoms with E-state index in [1.807, 2.05) is 24.5 Å². The Balaban J connectivity index is 1.81. The highest BCUT2D eigenvalue weighted by Gasteiger charge is 2.19. The van der Waals surface area contributed by atoms with Crippen molar-refractivity contribution in [2.24, 2.45) is 0 Å². The van der Waals surface area contributed by atoms with E-state index >= 15 is 0 Å². The number of imidazole rings is 1.